The van der Waals surface area contributed by atoms with Gasteiger partial charge in [-0.15, -0.1) is 0 Å². The van der Waals surface area contributed by atoms with Crippen molar-refractivity contribution in [3.63, 3.8) is 0 Å². The predicted octanol–water partition coefficient (Wildman–Crippen LogP) is 2.19. The van der Waals surface area contributed by atoms with E-state index in [0.717, 1.165) is 30.9 Å². The fourth-order valence-corrected chi connectivity index (χ4v) is 3.58. The van der Waals surface area contributed by atoms with Gasteiger partial charge in [0.15, 0.2) is 5.96 Å². The number of carbonyl (C=O) groups excluding carboxylic acids is 1. The summed E-state index contributed by atoms with van der Waals surface area (Å²) in [5.74, 6) is 0.333. The van der Waals surface area contributed by atoms with Crippen molar-refractivity contribution in [1.82, 2.24) is 15.5 Å². The van der Waals surface area contributed by atoms with Crippen LogP contribution >= 0.6 is 0 Å². The third kappa shape index (κ3) is 5.71. The van der Waals surface area contributed by atoms with E-state index in [2.05, 4.69) is 20.5 Å². The number of benzene rings is 1. The minimum Gasteiger partial charge on any atom is -0.450 e. The van der Waals surface area contributed by atoms with Crippen LogP contribution in [0.3, 0.4) is 0 Å². The van der Waals surface area contributed by atoms with Crippen LogP contribution in [0.25, 0.3) is 0 Å². The smallest absolute Gasteiger partial charge is 0.407 e. The van der Waals surface area contributed by atoms with Gasteiger partial charge in [0.05, 0.1) is 18.3 Å². The Morgan fingerprint density at radius 1 is 1.28 bits per heavy atom. The van der Waals surface area contributed by atoms with Crippen LogP contribution in [0.2, 0.25) is 0 Å². The molecule has 1 saturated heterocycles. The average molecular weight is 409 g/mol. The largest absolute Gasteiger partial charge is 0.450 e. The Hall–Kier alpha value is -2.58. The van der Waals surface area contributed by atoms with Crippen LogP contribution in [-0.2, 0) is 4.74 Å². The number of hydrogen-bond donors (Lipinski definition) is 2. The summed E-state index contributed by atoms with van der Waals surface area (Å²) in [6.07, 6.45) is 1.79. The Bertz CT molecular complexity index is 734. The van der Waals surface area contributed by atoms with Gasteiger partial charge in [-0.1, -0.05) is 0 Å². The lowest BCUT2D eigenvalue weighted by Crippen LogP contribution is -2.55. The molecule has 0 spiro atoms. The lowest BCUT2D eigenvalue weighted by molar-refractivity contribution is 0.146. The minimum atomic E-state index is -0.443. The monoisotopic (exact) mass is 409 g/mol. The van der Waals surface area contributed by atoms with Gasteiger partial charge in [0, 0.05) is 45.8 Å². The van der Waals surface area contributed by atoms with Crippen molar-refractivity contribution in [3.05, 3.63) is 29.8 Å². The van der Waals surface area contributed by atoms with Gasteiger partial charge in [-0.25, -0.2) is 13.6 Å². The van der Waals surface area contributed by atoms with E-state index < -0.39 is 17.7 Å². The first-order valence-corrected chi connectivity index (χ1v) is 10.1. The molecule has 1 aliphatic heterocycles. The van der Waals surface area contributed by atoms with Crippen molar-refractivity contribution >= 4 is 17.7 Å². The van der Waals surface area contributed by atoms with Crippen LogP contribution in [-0.4, -0.2) is 69.4 Å². The highest BCUT2D eigenvalue weighted by atomic mass is 19.1. The second-order valence-corrected chi connectivity index (χ2v) is 7.31. The number of hydrogen-bond acceptors (Lipinski definition) is 4. The van der Waals surface area contributed by atoms with Gasteiger partial charge in [0.1, 0.15) is 11.6 Å². The summed E-state index contributed by atoms with van der Waals surface area (Å²) in [7, 11) is 1.71. The number of carbonyl (C=O) groups is 1. The van der Waals surface area contributed by atoms with Gasteiger partial charge >= 0.3 is 6.09 Å². The third-order valence-electron chi connectivity index (χ3n) is 5.29. The van der Waals surface area contributed by atoms with E-state index in [0.29, 0.717) is 50.9 Å². The maximum absolute atomic E-state index is 14.0. The first-order chi connectivity index (χ1) is 14.0. The van der Waals surface area contributed by atoms with Crippen molar-refractivity contribution in [3.8, 4) is 0 Å². The Balaban J connectivity index is 1.52. The van der Waals surface area contributed by atoms with Gasteiger partial charge in [-0.2, -0.15) is 0 Å². The Kier molecular flexibility index (Phi) is 7.11. The molecular weight excluding hydrogens is 380 g/mol. The quantitative estimate of drug-likeness (QED) is 0.557. The zero-order chi connectivity index (χ0) is 20.8. The fraction of sp³-hybridized carbons (Fsp3) is 0.600. The molecule has 1 saturated carbocycles. The standard InChI is InChI=1S/C20H29F2N5O2/c1-3-29-20(28)25-17(14-4-5-14)13-24-19(23-2)27-10-8-26(9-11-27)18-12-15(21)6-7-16(18)22/h6-7,12,14,17H,3-5,8-11,13H2,1-2H3,(H,23,24)(H,25,28). The van der Waals surface area contributed by atoms with Crippen LogP contribution in [0.4, 0.5) is 19.3 Å². The first kappa shape index (κ1) is 21.1. The lowest BCUT2D eigenvalue weighted by Gasteiger charge is -2.38. The molecule has 2 aliphatic rings. The van der Waals surface area contributed by atoms with Crippen LogP contribution < -0.4 is 15.5 Å². The van der Waals surface area contributed by atoms with Crippen LogP contribution in [0.1, 0.15) is 19.8 Å². The minimum absolute atomic E-state index is 0.00604. The first-order valence-electron chi connectivity index (χ1n) is 10.1. The second-order valence-electron chi connectivity index (χ2n) is 7.31. The molecule has 1 aromatic rings. The molecule has 0 aromatic heterocycles. The summed E-state index contributed by atoms with van der Waals surface area (Å²) in [5.41, 5.74) is 0.292. The maximum Gasteiger partial charge on any atom is 0.407 e. The van der Waals surface area contributed by atoms with Gasteiger partial charge < -0.3 is 25.2 Å². The third-order valence-corrected chi connectivity index (χ3v) is 5.29. The van der Waals surface area contributed by atoms with Gasteiger partial charge in [0.2, 0.25) is 0 Å². The van der Waals surface area contributed by atoms with Gasteiger partial charge in [-0.05, 0) is 37.8 Å². The van der Waals surface area contributed by atoms with E-state index in [1.54, 1.807) is 14.0 Å². The van der Waals surface area contributed by atoms with Crippen molar-refractivity contribution in [2.75, 3.05) is 51.3 Å². The molecule has 0 radical (unpaired) electrons. The van der Waals surface area contributed by atoms with Crippen molar-refractivity contribution in [2.45, 2.75) is 25.8 Å². The zero-order valence-electron chi connectivity index (χ0n) is 17.0. The molecule has 1 heterocycles. The SMILES string of the molecule is CCOC(=O)NC(CNC(=NC)N1CCN(c2cc(F)ccc2F)CC1)C1CC1. The van der Waals surface area contributed by atoms with E-state index in [1.807, 2.05) is 4.90 Å². The Morgan fingerprint density at radius 3 is 2.62 bits per heavy atom. The normalized spacial score (nSPS) is 18.4. The van der Waals surface area contributed by atoms with Crippen LogP contribution in [0, 0.1) is 17.6 Å². The van der Waals surface area contributed by atoms with Gasteiger partial charge in [-0.3, -0.25) is 4.99 Å². The van der Waals surface area contributed by atoms with E-state index in [-0.39, 0.29) is 6.04 Å². The highest BCUT2D eigenvalue weighted by Gasteiger charge is 2.33. The number of guanidine groups is 1. The number of amides is 1. The summed E-state index contributed by atoms with van der Waals surface area (Å²) >= 11 is 0. The molecule has 0 bridgehead atoms. The number of nitrogens with one attached hydrogen (secondary N) is 2. The molecule has 3 rings (SSSR count). The molecule has 9 heteroatoms. The molecule has 1 aliphatic carbocycles. The number of rotatable bonds is 6. The Labute approximate surface area is 170 Å². The zero-order valence-corrected chi connectivity index (χ0v) is 17.0. The number of alkyl carbamates (subject to hydrolysis) is 1. The molecule has 2 N–H and O–H groups in total. The molecule has 2 fully saturated rings. The number of aliphatic imine (C=N–C) groups is 1. The summed E-state index contributed by atoms with van der Waals surface area (Å²) < 4.78 is 32.5. The maximum atomic E-state index is 14.0. The van der Waals surface area contributed by atoms with E-state index in [1.165, 1.54) is 6.07 Å². The molecule has 160 valence electrons. The number of halogens is 2. The molecule has 1 amide bonds. The summed E-state index contributed by atoms with van der Waals surface area (Å²) in [4.78, 5) is 20.0. The molecular formula is C20H29F2N5O2. The Morgan fingerprint density at radius 2 is 2.00 bits per heavy atom. The number of nitrogens with zero attached hydrogens (tertiary/aromatic N) is 3. The number of piperazine rings is 1. The average Bonchev–Trinajstić information content (AvgIpc) is 3.55. The highest BCUT2D eigenvalue weighted by Crippen LogP contribution is 2.32. The molecule has 29 heavy (non-hydrogen) atoms. The van der Waals surface area contributed by atoms with E-state index in [9.17, 15) is 13.6 Å². The fourth-order valence-electron chi connectivity index (χ4n) is 3.58. The summed E-state index contributed by atoms with van der Waals surface area (Å²) in [6, 6.07) is 3.51. The number of anilines is 1. The predicted molar refractivity (Wildman–Crippen MR) is 108 cm³/mol. The van der Waals surface area contributed by atoms with Crippen molar-refractivity contribution in [2.24, 2.45) is 10.9 Å². The summed E-state index contributed by atoms with van der Waals surface area (Å²) in [5, 5.41) is 6.26. The van der Waals surface area contributed by atoms with Crippen molar-refractivity contribution in [1.29, 1.82) is 0 Å². The topological polar surface area (TPSA) is 69.2 Å². The molecule has 1 atom stereocenters. The van der Waals surface area contributed by atoms with Gasteiger partial charge in [0.25, 0.3) is 0 Å². The lowest BCUT2D eigenvalue weighted by atomic mass is 10.2. The van der Waals surface area contributed by atoms with Crippen LogP contribution in [0.15, 0.2) is 23.2 Å². The molecule has 1 aromatic carbocycles. The van der Waals surface area contributed by atoms with Crippen LogP contribution in [0.5, 0.6) is 0 Å². The van der Waals surface area contributed by atoms with E-state index in [4.69, 9.17) is 4.74 Å². The summed E-state index contributed by atoms with van der Waals surface area (Å²) in [6.45, 7) is 5.08. The molecule has 1 unspecified atom stereocenters. The van der Waals surface area contributed by atoms with E-state index >= 15 is 0 Å². The number of ether oxygens (including phenoxy) is 1. The highest BCUT2D eigenvalue weighted by molar-refractivity contribution is 5.80. The molecule has 7 nitrogen and oxygen atoms in total. The van der Waals surface area contributed by atoms with Crippen molar-refractivity contribution < 1.29 is 18.3 Å². The second kappa shape index (κ2) is 9.76.